The van der Waals surface area contributed by atoms with Crippen molar-refractivity contribution in [3.8, 4) is 0 Å². The van der Waals surface area contributed by atoms with Crippen molar-refractivity contribution in [1.29, 1.82) is 0 Å². The Bertz CT molecular complexity index is 592. The van der Waals surface area contributed by atoms with Crippen molar-refractivity contribution < 1.29 is 9.72 Å². The molecule has 0 radical (unpaired) electrons. The third-order valence-electron chi connectivity index (χ3n) is 2.39. The zero-order valence-corrected chi connectivity index (χ0v) is 9.31. The van der Waals surface area contributed by atoms with Crippen LogP contribution in [0, 0.1) is 10.1 Å². The van der Waals surface area contributed by atoms with Gasteiger partial charge in [-0.25, -0.2) is 0 Å². The number of carbonyl (C=O) groups is 1. The fraction of sp³-hybridized carbons (Fsp3) is 0.0909. The van der Waals surface area contributed by atoms with Gasteiger partial charge in [0.15, 0.2) is 5.78 Å². The molecule has 0 fully saturated rings. The lowest BCUT2D eigenvalue weighted by atomic mass is 10.1. The van der Waals surface area contributed by atoms with E-state index in [1.54, 1.807) is 30.3 Å². The number of aromatic nitrogens is 2. The molecule has 7 nitrogen and oxygen atoms in total. The molecule has 0 saturated heterocycles. The number of nitro groups is 1. The summed E-state index contributed by atoms with van der Waals surface area (Å²) in [4.78, 5) is 25.3. The standard InChI is InChI=1S/C11H10N4O3/c12-11-13-10(15(17)18)7-14(11)6-9(16)8-4-2-1-3-5-8/h1-5,7H,6H2,(H2,12,13). The molecule has 0 aliphatic carbocycles. The molecule has 0 aliphatic heterocycles. The number of Topliss-reactive ketones (excluding diaryl/α,β-unsaturated/α-hetero) is 1. The van der Waals surface area contributed by atoms with Crippen LogP contribution in [0.3, 0.4) is 0 Å². The third-order valence-corrected chi connectivity index (χ3v) is 2.39. The smallest absolute Gasteiger partial charge is 0.358 e. The SMILES string of the molecule is Nc1nc([N+](=O)[O-])cn1CC(=O)c1ccccc1. The highest BCUT2D eigenvalue weighted by molar-refractivity contribution is 5.96. The minimum Gasteiger partial charge on any atom is -0.358 e. The Morgan fingerprint density at radius 1 is 1.39 bits per heavy atom. The zero-order chi connectivity index (χ0) is 13.1. The molecule has 2 aromatic rings. The Hall–Kier alpha value is -2.70. The van der Waals surface area contributed by atoms with Gasteiger partial charge in [-0.05, 0) is 4.92 Å². The number of nitrogen functional groups attached to an aromatic ring is 1. The molecule has 0 aliphatic rings. The van der Waals surface area contributed by atoms with Crippen LogP contribution >= 0.6 is 0 Å². The van der Waals surface area contributed by atoms with Gasteiger partial charge in [-0.3, -0.25) is 9.36 Å². The highest BCUT2D eigenvalue weighted by Gasteiger charge is 2.18. The van der Waals surface area contributed by atoms with Crippen LogP contribution in [0.4, 0.5) is 11.8 Å². The first-order chi connectivity index (χ1) is 8.58. The van der Waals surface area contributed by atoms with Crippen molar-refractivity contribution in [3.63, 3.8) is 0 Å². The van der Waals surface area contributed by atoms with Crippen LogP contribution in [0.15, 0.2) is 36.5 Å². The summed E-state index contributed by atoms with van der Waals surface area (Å²) in [5, 5.41) is 10.5. The highest BCUT2D eigenvalue weighted by atomic mass is 16.6. The fourth-order valence-electron chi connectivity index (χ4n) is 1.50. The molecule has 0 bridgehead atoms. The van der Waals surface area contributed by atoms with E-state index in [1.165, 1.54) is 4.57 Å². The van der Waals surface area contributed by atoms with Crippen molar-refractivity contribution in [2.24, 2.45) is 0 Å². The largest absolute Gasteiger partial charge is 0.384 e. The normalized spacial score (nSPS) is 10.2. The van der Waals surface area contributed by atoms with Gasteiger partial charge in [0.2, 0.25) is 0 Å². The first kappa shape index (κ1) is 11.8. The monoisotopic (exact) mass is 246 g/mol. The molecule has 2 N–H and O–H groups in total. The second-order valence-electron chi connectivity index (χ2n) is 3.63. The van der Waals surface area contributed by atoms with Gasteiger partial charge >= 0.3 is 11.8 Å². The molecule has 1 aromatic heterocycles. The molecule has 1 heterocycles. The maximum absolute atomic E-state index is 11.9. The number of benzene rings is 1. The fourth-order valence-corrected chi connectivity index (χ4v) is 1.50. The van der Waals surface area contributed by atoms with Gasteiger partial charge in [0.1, 0.15) is 6.20 Å². The average Bonchev–Trinajstić information content (AvgIpc) is 2.72. The van der Waals surface area contributed by atoms with Gasteiger partial charge < -0.3 is 15.8 Å². The summed E-state index contributed by atoms with van der Waals surface area (Å²) in [7, 11) is 0. The Balaban J connectivity index is 2.20. The number of carbonyl (C=O) groups excluding carboxylic acids is 1. The Labute approximate surface area is 102 Å². The first-order valence-corrected chi connectivity index (χ1v) is 5.13. The minimum absolute atomic E-state index is 0.0500. The number of imidazole rings is 1. The number of rotatable bonds is 4. The number of anilines is 1. The predicted molar refractivity (Wildman–Crippen MR) is 64.1 cm³/mol. The van der Waals surface area contributed by atoms with Crippen LogP contribution < -0.4 is 5.73 Å². The van der Waals surface area contributed by atoms with E-state index in [0.29, 0.717) is 5.56 Å². The Kier molecular flexibility index (Phi) is 3.05. The van der Waals surface area contributed by atoms with E-state index in [9.17, 15) is 14.9 Å². The van der Waals surface area contributed by atoms with E-state index in [-0.39, 0.29) is 24.1 Å². The molecule has 0 amide bonds. The average molecular weight is 246 g/mol. The van der Waals surface area contributed by atoms with Crippen molar-refractivity contribution in [2.45, 2.75) is 6.54 Å². The molecule has 0 spiro atoms. The second-order valence-corrected chi connectivity index (χ2v) is 3.63. The van der Waals surface area contributed by atoms with Gasteiger partial charge in [0.25, 0.3) is 0 Å². The maximum Gasteiger partial charge on any atom is 0.384 e. The first-order valence-electron chi connectivity index (χ1n) is 5.13. The minimum atomic E-state index is -0.653. The molecule has 7 heteroatoms. The quantitative estimate of drug-likeness (QED) is 0.496. The summed E-state index contributed by atoms with van der Waals surface area (Å²) in [6.45, 7) is -0.0727. The summed E-state index contributed by atoms with van der Waals surface area (Å²) in [5.41, 5.74) is 6.02. The molecule has 18 heavy (non-hydrogen) atoms. The molecular weight excluding hydrogens is 236 g/mol. The van der Waals surface area contributed by atoms with E-state index >= 15 is 0 Å². The third kappa shape index (κ3) is 2.34. The number of nitrogens with two attached hydrogens (primary N) is 1. The van der Waals surface area contributed by atoms with Crippen LogP contribution in [-0.2, 0) is 6.54 Å². The Morgan fingerprint density at radius 3 is 2.61 bits per heavy atom. The van der Waals surface area contributed by atoms with E-state index in [2.05, 4.69) is 4.98 Å². The summed E-state index contributed by atoms with van der Waals surface area (Å²) in [6.07, 6.45) is 1.15. The van der Waals surface area contributed by atoms with Crippen LogP contribution in [0.2, 0.25) is 0 Å². The molecule has 1 aromatic carbocycles. The lowest BCUT2D eigenvalue weighted by Gasteiger charge is -2.01. The molecule has 92 valence electrons. The van der Waals surface area contributed by atoms with Gasteiger partial charge in [0, 0.05) is 10.5 Å². The van der Waals surface area contributed by atoms with Gasteiger partial charge in [-0.1, -0.05) is 30.3 Å². The van der Waals surface area contributed by atoms with E-state index in [1.807, 2.05) is 0 Å². The van der Waals surface area contributed by atoms with Gasteiger partial charge in [-0.15, -0.1) is 0 Å². The van der Waals surface area contributed by atoms with Crippen molar-refractivity contribution >= 4 is 17.5 Å². The number of nitrogens with zero attached hydrogens (tertiary/aromatic N) is 3. The van der Waals surface area contributed by atoms with Gasteiger partial charge in [-0.2, -0.15) is 0 Å². The van der Waals surface area contributed by atoms with Gasteiger partial charge in [0.05, 0.1) is 6.54 Å². The van der Waals surface area contributed by atoms with Crippen LogP contribution in [0.5, 0.6) is 0 Å². The maximum atomic E-state index is 11.9. The number of ketones is 1. The number of hydrogen-bond acceptors (Lipinski definition) is 5. The van der Waals surface area contributed by atoms with Crippen molar-refractivity contribution in [2.75, 3.05) is 5.73 Å². The molecule has 0 unspecified atom stereocenters. The molecule has 0 atom stereocenters. The molecule has 2 rings (SSSR count). The Morgan fingerprint density at radius 2 is 2.06 bits per heavy atom. The molecule has 0 saturated carbocycles. The summed E-state index contributed by atoms with van der Waals surface area (Å²) >= 11 is 0. The predicted octanol–water partition coefficient (Wildman–Crippen LogP) is 1.26. The van der Waals surface area contributed by atoms with Crippen LogP contribution in [0.25, 0.3) is 0 Å². The van der Waals surface area contributed by atoms with E-state index in [0.717, 1.165) is 6.20 Å². The highest BCUT2D eigenvalue weighted by Crippen LogP contribution is 2.13. The lowest BCUT2D eigenvalue weighted by molar-refractivity contribution is -0.389. The van der Waals surface area contributed by atoms with Crippen LogP contribution in [-0.4, -0.2) is 20.3 Å². The number of hydrogen-bond donors (Lipinski definition) is 1. The summed E-state index contributed by atoms with van der Waals surface area (Å²) in [6, 6.07) is 8.63. The summed E-state index contributed by atoms with van der Waals surface area (Å²) < 4.78 is 1.26. The van der Waals surface area contributed by atoms with Crippen molar-refractivity contribution in [3.05, 3.63) is 52.2 Å². The van der Waals surface area contributed by atoms with Crippen molar-refractivity contribution in [1.82, 2.24) is 9.55 Å². The van der Waals surface area contributed by atoms with Crippen LogP contribution in [0.1, 0.15) is 10.4 Å². The second kappa shape index (κ2) is 4.66. The zero-order valence-electron chi connectivity index (χ0n) is 9.31. The molecular formula is C11H10N4O3. The summed E-state index contributed by atoms with van der Waals surface area (Å²) in [5.74, 6) is -0.603. The van der Waals surface area contributed by atoms with E-state index < -0.39 is 4.92 Å². The topological polar surface area (TPSA) is 104 Å². The lowest BCUT2D eigenvalue weighted by Crippen LogP contribution is -2.11. The van der Waals surface area contributed by atoms with E-state index in [4.69, 9.17) is 5.73 Å².